The monoisotopic (exact) mass is 300 g/mol. The van der Waals surface area contributed by atoms with Gasteiger partial charge in [-0.1, -0.05) is 6.08 Å². The molecule has 0 spiro atoms. The van der Waals surface area contributed by atoms with Crippen molar-refractivity contribution in [2.24, 2.45) is 0 Å². The average molecular weight is 300 g/mol. The van der Waals surface area contributed by atoms with Crippen molar-refractivity contribution in [2.45, 2.75) is 6.42 Å². The highest BCUT2D eigenvalue weighted by Crippen LogP contribution is 2.22. The lowest BCUT2D eigenvalue weighted by molar-refractivity contribution is -0.387. The van der Waals surface area contributed by atoms with E-state index in [1.54, 1.807) is 6.08 Å². The lowest BCUT2D eigenvalue weighted by Crippen LogP contribution is -2.28. The molecule has 1 amide bonds. The number of nitro benzene ring substituents is 1. The number of nitrogens with one attached hydrogen (secondary N) is 1. The summed E-state index contributed by atoms with van der Waals surface area (Å²) in [4.78, 5) is 21.1. The number of halogens is 2. The molecule has 0 unspecified atom stereocenters. The predicted octanol–water partition coefficient (Wildman–Crippen LogP) is 2.20. The van der Waals surface area contributed by atoms with Gasteiger partial charge in [-0.25, -0.2) is 4.39 Å². The van der Waals surface area contributed by atoms with E-state index in [2.05, 4.69) is 11.9 Å². The Hall–Kier alpha value is -2.35. The number of rotatable bonds is 8. The number of carbonyl (C=O) groups is 1. The molecule has 1 aromatic carbocycles. The third-order valence-electron chi connectivity index (χ3n) is 2.46. The largest absolute Gasteiger partial charge is 0.379 e. The van der Waals surface area contributed by atoms with Gasteiger partial charge in [0.1, 0.15) is 5.82 Å². The first-order valence-electron chi connectivity index (χ1n) is 6.07. The van der Waals surface area contributed by atoms with E-state index >= 15 is 0 Å². The van der Waals surface area contributed by atoms with Gasteiger partial charge in [-0.15, -0.1) is 6.58 Å². The zero-order chi connectivity index (χ0) is 15.8. The van der Waals surface area contributed by atoms with Crippen molar-refractivity contribution in [3.05, 3.63) is 52.1 Å². The second-order valence-corrected chi connectivity index (χ2v) is 3.99. The second-order valence-electron chi connectivity index (χ2n) is 3.99. The van der Waals surface area contributed by atoms with Crippen LogP contribution in [-0.2, 0) is 4.74 Å². The minimum Gasteiger partial charge on any atom is -0.379 e. The van der Waals surface area contributed by atoms with Crippen LogP contribution in [0.25, 0.3) is 0 Å². The van der Waals surface area contributed by atoms with E-state index in [1.165, 1.54) is 0 Å². The first-order valence-corrected chi connectivity index (χ1v) is 6.07. The standard InChI is InChI=1S/C13H14F2N2O4/c1-2-3-5-21-6-4-16-13(18)10-7-9(14)8-11(12(10)15)17(19)20/h2,7-8H,1,3-6H2,(H,16,18). The summed E-state index contributed by atoms with van der Waals surface area (Å²) in [5.41, 5.74) is -1.80. The minimum absolute atomic E-state index is 0.0692. The van der Waals surface area contributed by atoms with Crippen LogP contribution in [0, 0.1) is 21.7 Å². The van der Waals surface area contributed by atoms with Crippen LogP contribution >= 0.6 is 0 Å². The van der Waals surface area contributed by atoms with Crippen molar-refractivity contribution in [1.29, 1.82) is 0 Å². The van der Waals surface area contributed by atoms with Gasteiger partial charge in [0.15, 0.2) is 0 Å². The SMILES string of the molecule is C=CCCOCCNC(=O)c1cc(F)cc([N+](=O)[O-])c1F. The molecule has 0 aromatic heterocycles. The van der Waals surface area contributed by atoms with Crippen LogP contribution in [0.5, 0.6) is 0 Å². The van der Waals surface area contributed by atoms with Gasteiger partial charge in [0.05, 0.1) is 29.8 Å². The van der Waals surface area contributed by atoms with E-state index in [-0.39, 0.29) is 13.2 Å². The Morgan fingerprint density at radius 2 is 2.14 bits per heavy atom. The Morgan fingerprint density at radius 3 is 2.76 bits per heavy atom. The Labute approximate surface area is 119 Å². The highest BCUT2D eigenvalue weighted by atomic mass is 19.1. The molecule has 0 saturated carbocycles. The van der Waals surface area contributed by atoms with Crippen molar-refractivity contribution in [1.82, 2.24) is 5.32 Å². The van der Waals surface area contributed by atoms with Crippen molar-refractivity contribution in [3.63, 3.8) is 0 Å². The van der Waals surface area contributed by atoms with Crippen molar-refractivity contribution >= 4 is 11.6 Å². The highest BCUT2D eigenvalue weighted by molar-refractivity contribution is 5.95. The summed E-state index contributed by atoms with van der Waals surface area (Å²) in [6.45, 7) is 4.18. The molecule has 0 saturated heterocycles. The molecule has 21 heavy (non-hydrogen) atoms. The van der Waals surface area contributed by atoms with Gasteiger partial charge in [-0.3, -0.25) is 14.9 Å². The fourth-order valence-corrected chi connectivity index (χ4v) is 1.47. The zero-order valence-electron chi connectivity index (χ0n) is 11.1. The maximum absolute atomic E-state index is 13.7. The van der Waals surface area contributed by atoms with Gasteiger partial charge in [0.2, 0.25) is 5.82 Å². The van der Waals surface area contributed by atoms with Gasteiger partial charge < -0.3 is 10.1 Å². The van der Waals surface area contributed by atoms with E-state index in [4.69, 9.17) is 4.74 Å². The summed E-state index contributed by atoms with van der Waals surface area (Å²) in [5, 5.41) is 12.8. The van der Waals surface area contributed by atoms with Crippen molar-refractivity contribution in [2.75, 3.05) is 19.8 Å². The van der Waals surface area contributed by atoms with E-state index < -0.39 is 33.7 Å². The van der Waals surface area contributed by atoms with E-state index in [0.29, 0.717) is 25.2 Å². The summed E-state index contributed by atoms with van der Waals surface area (Å²) in [5.74, 6) is -3.37. The predicted molar refractivity (Wildman–Crippen MR) is 71.0 cm³/mol. The number of ether oxygens (including phenoxy) is 1. The number of hydrogen-bond donors (Lipinski definition) is 1. The summed E-state index contributed by atoms with van der Waals surface area (Å²) >= 11 is 0. The van der Waals surface area contributed by atoms with Crippen LogP contribution in [-0.4, -0.2) is 30.6 Å². The first-order chi connectivity index (χ1) is 9.97. The number of hydrogen-bond acceptors (Lipinski definition) is 4. The van der Waals surface area contributed by atoms with Crippen LogP contribution in [0.3, 0.4) is 0 Å². The molecule has 114 valence electrons. The summed E-state index contributed by atoms with van der Waals surface area (Å²) < 4.78 is 32.0. The Morgan fingerprint density at radius 1 is 1.43 bits per heavy atom. The van der Waals surface area contributed by atoms with Gasteiger partial charge >= 0.3 is 5.69 Å². The molecule has 6 nitrogen and oxygen atoms in total. The summed E-state index contributed by atoms with van der Waals surface area (Å²) in [6, 6.07) is 1.03. The smallest absolute Gasteiger partial charge is 0.308 e. The van der Waals surface area contributed by atoms with Gasteiger partial charge in [0, 0.05) is 6.54 Å². The Bertz CT molecular complexity index is 549. The van der Waals surface area contributed by atoms with Crippen molar-refractivity contribution < 1.29 is 23.2 Å². The maximum Gasteiger partial charge on any atom is 0.308 e. The van der Waals surface area contributed by atoms with E-state index in [9.17, 15) is 23.7 Å². The topological polar surface area (TPSA) is 81.5 Å². The molecule has 8 heteroatoms. The average Bonchev–Trinajstić information content (AvgIpc) is 2.44. The van der Waals surface area contributed by atoms with Crippen LogP contribution < -0.4 is 5.32 Å². The van der Waals surface area contributed by atoms with Crippen molar-refractivity contribution in [3.8, 4) is 0 Å². The fourth-order valence-electron chi connectivity index (χ4n) is 1.47. The lowest BCUT2D eigenvalue weighted by atomic mass is 10.1. The molecule has 0 atom stereocenters. The number of nitro groups is 1. The van der Waals surface area contributed by atoms with E-state index in [1.807, 2.05) is 0 Å². The minimum atomic E-state index is -1.37. The third kappa shape index (κ3) is 4.92. The molecular formula is C13H14F2N2O4. The van der Waals surface area contributed by atoms with Crippen LogP contribution in [0.2, 0.25) is 0 Å². The molecule has 0 aliphatic heterocycles. The quantitative estimate of drug-likeness (QED) is 0.345. The van der Waals surface area contributed by atoms with Crippen LogP contribution in [0.1, 0.15) is 16.8 Å². The number of carbonyl (C=O) groups excluding carboxylic acids is 1. The molecular weight excluding hydrogens is 286 g/mol. The third-order valence-corrected chi connectivity index (χ3v) is 2.46. The number of amides is 1. The van der Waals surface area contributed by atoms with Gasteiger partial charge in [0.25, 0.3) is 5.91 Å². The Kier molecular flexibility index (Phi) is 6.41. The van der Waals surface area contributed by atoms with Gasteiger partial charge in [-0.05, 0) is 12.5 Å². The fraction of sp³-hybridized carbons (Fsp3) is 0.308. The van der Waals surface area contributed by atoms with Gasteiger partial charge in [-0.2, -0.15) is 4.39 Å². The second kappa shape index (κ2) is 8.05. The van der Waals surface area contributed by atoms with Crippen LogP contribution in [0.15, 0.2) is 24.8 Å². The summed E-state index contributed by atoms with van der Waals surface area (Å²) in [7, 11) is 0. The molecule has 0 aliphatic rings. The molecule has 0 heterocycles. The normalized spacial score (nSPS) is 10.2. The van der Waals surface area contributed by atoms with E-state index in [0.717, 1.165) is 0 Å². The summed E-state index contributed by atoms with van der Waals surface area (Å²) in [6.07, 6.45) is 2.32. The lowest BCUT2D eigenvalue weighted by Gasteiger charge is -2.07. The zero-order valence-corrected chi connectivity index (χ0v) is 11.1. The number of benzene rings is 1. The first kappa shape index (κ1) is 16.7. The molecule has 1 rings (SSSR count). The molecule has 0 fully saturated rings. The molecule has 1 aromatic rings. The number of nitrogens with zero attached hydrogens (tertiary/aromatic N) is 1. The maximum atomic E-state index is 13.7. The Balaban J connectivity index is 2.66. The highest BCUT2D eigenvalue weighted by Gasteiger charge is 2.23. The molecule has 0 bridgehead atoms. The molecule has 1 N–H and O–H groups in total. The molecule has 0 radical (unpaired) electrons. The molecule has 0 aliphatic carbocycles. The van der Waals surface area contributed by atoms with Crippen LogP contribution in [0.4, 0.5) is 14.5 Å².